The third-order valence-corrected chi connectivity index (χ3v) is 1.75. The number of anilines is 1. The number of H-pyrrole nitrogens is 1. The molecule has 0 spiro atoms. The van der Waals surface area contributed by atoms with Crippen molar-refractivity contribution < 1.29 is 9.63 Å². The number of carbonyl (C=O) groups excluding carboxylic acids is 1. The van der Waals surface area contributed by atoms with Crippen molar-refractivity contribution >= 4 is 23.1 Å². The average molecular weight is 221 g/mol. The van der Waals surface area contributed by atoms with E-state index in [4.69, 9.17) is 10.6 Å². The highest BCUT2D eigenvalue weighted by Crippen LogP contribution is 2.04. The summed E-state index contributed by atoms with van der Waals surface area (Å²) in [6.07, 6.45) is 2.12. The van der Waals surface area contributed by atoms with E-state index >= 15 is 0 Å². The Hall–Kier alpha value is -2.64. The zero-order valence-electron chi connectivity index (χ0n) is 8.01. The fourth-order valence-corrected chi connectivity index (χ4v) is 1.11. The second-order valence-electron chi connectivity index (χ2n) is 2.81. The molecule has 0 atom stereocenters. The number of carbonyl (C=O) groups is 1. The first kappa shape index (κ1) is 9.90. The van der Waals surface area contributed by atoms with Crippen molar-refractivity contribution in [1.29, 1.82) is 0 Å². The van der Waals surface area contributed by atoms with Gasteiger partial charge in [-0.1, -0.05) is 6.58 Å². The summed E-state index contributed by atoms with van der Waals surface area (Å²) in [5, 5.41) is 0. The van der Waals surface area contributed by atoms with Crippen molar-refractivity contribution in [2.45, 2.75) is 0 Å². The Labute approximate surface area is 88.3 Å². The molecule has 0 saturated carbocycles. The van der Waals surface area contributed by atoms with Crippen LogP contribution in [0.3, 0.4) is 0 Å². The van der Waals surface area contributed by atoms with Crippen LogP contribution in [0.25, 0.3) is 11.2 Å². The smallest absolute Gasteiger partial charge is 0.356 e. The Morgan fingerprint density at radius 2 is 2.44 bits per heavy atom. The molecule has 0 saturated heterocycles. The highest BCUT2D eigenvalue weighted by Gasteiger charge is 2.11. The maximum Gasteiger partial charge on any atom is 0.356 e. The molecule has 0 fully saturated rings. The Bertz CT molecular complexity index is 626. The fraction of sp³-hybridized carbons (Fsp3) is 0. The molecule has 0 aliphatic rings. The minimum Gasteiger partial charge on any atom is -0.369 e. The van der Waals surface area contributed by atoms with Crippen LogP contribution in [-0.2, 0) is 4.79 Å². The summed E-state index contributed by atoms with van der Waals surface area (Å²) in [7, 11) is 0. The number of fused-ring (bicyclic) bond motifs is 1. The van der Waals surface area contributed by atoms with Gasteiger partial charge in [-0.25, -0.2) is 9.78 Å². The average Bonchev–Trinajstić information content (AvgIpc) is 2.61. The van der Waals surface area contributed by atoms with Crippen LogP contribution in [0.2, 0.25) is 0 Å². The Morgan fingerprint density at radius 3 is 3.12 bits per heavy atom. The molecule has 8 nitrogen and oxygen atoms in total. The van der Waals surface area contributed by atoms with Gasteiger partial charge in [0.25, 0.3) is 5.56 Å². The van der Waals surface area contributed by atoms with Gasteiger partial charge >= 0.3 is 5.97 Å². The lowest BCUT2D eigenvalue weighted by Gasteiger charge is -2.00. The minimum atomic E-state index is -0.694. The van der Waals surface area contributed by atoms with Gasteiger partial charge in [-0.2, -0.15) is 4.98 Å². The second kappa shape index (κ2) is 3.50. The van der Waals surface area contributed by atoms with E-state index in [-0.39, 0.29) is 17.1 Å². The maximum absolute atomic E-state index is 11.4. The predicted molar refractivity (Wildman–Crippen MR) is 54.3 cm³/mol. The van der Waals surface area contributed by atoms with Crippen LogP contribution in [0, 0.1) is 0 Å². The van der Waals surface area contributed by atoms with E-state index in [1.807, 2.05) is 0 Å². The number of hydrogen-bond acceptors (Lipinski definition) is 6. The number of aromatic nitrogens is 4. The first-order valence-electron chi connectivity index (χ1n) is 4.19. The van der Waals surface area contributed by atoms with Gasteiger partial charge in [-0.3, -0.25) is 9.78 Å². The quantitative estimate of drug-likeness (QED) is 0.618. The summed E-state index contributed by atoms with van der Waals surface area (Å²) in [5.74, 6) is -0.783. The highest BCUT2D eigenvalue weighted by molar-refractivity contribution is 5.82. The van der Waals surface area contributed by atoms with Crippen LogP contribution in [0.4, 0.5) is 5.95 Å². The SMILES string of the molecule is C=CC(=O)On1cnc2c(=O)[nH]c(N)nc21. The van der Waals surface area contributed by atoms with E-state index in [1.54, 1.807) is 0 Å². The van der Waals surface area contributed by atoms with E-state index in [9.17, 15) is 9.59 Å². The van der Waals surface area contributed by atoms with Gasteiger partial charge in [0.05, 0.1) is 0 Å². The van der Waals surface area contributed by atoms with Crippen LogP contribution in [0.5, 0.6) is 0 Å². The van der Waals surface area contributed by atoms with Crippen molar-refractivity contribution in [1.82, 2.24) is 19.7 Å². The molecular formula is C8H7N5O3. The summed E-state index contributed by atoms with van der Waals surface area (Å²) >= 11 is 0. The maximum atomic E-state index is 11.4. The monoisotopic (exact) mass is 221 g/mol. The van der Waals surface area contributed by atoms with Crippen molar-refractivity contribution in [2.75, 3.05) is 5.73 Å². The number of nitrogens with two attached hydrogens (primary N) is 1. The number of rotatable bonds is 2. The molecule has 0 aromatic carbocycles. The van der Waals surface area contributed by atoms with Crippen molar-refractivity contribution in [3.8, 4) is 0 Å². The summed E-state index contributed by atoms with van der Waals surface area (Å²) in [6.45, 7) is 3.24. The Morgan fingerprint density at radius 1 is 1.69 bits per heavy atom. The van der Waals surface area contributed by atoms with Crippen LogP contribution < -0.4 is 16.1 Å². The van der Waals surface area contributed by atoms with E-state index in [0.717, 1.165) is 17.1 Å². The normalized spacial score (nSPS) is 10.2. The van der Waals surface area contributed by atoms with Crippen molar-refractivity contribution in [2.24, 2.45) is 0 Å². The first-order valence-corrected chi connectivity index (χ1v) is 4.19. The van der Waals surface area contributed by atoms with E-state index in [1.165, 1.54) is 0 Å². The van der Waals surface area contributed by atoms with E-state index < -0.39 is 11.5 Å². The van der Waals surface area contributed by atoms with Gasteiger partial charge < -0.3 is 10.6 Å². The molecule has 3 N–H and O–H groups in total. The fourth-order valence-electron chi connectivity index (χ4n) is 1.11. The van der Waals surface area contributed by atoms with Crippen LogP contribution >= 0.6 is 0 Å². The molecule has 8 heteroatoms. The largest absolute Gasteiger partial charge is 0.369 e. The van der Waals surface area contributed by atoms with Crippen LogP contribution in [0.1, 0.15) is 0 Å². The lowest BCUT2D eigenvalue weighted by molar-refractivity contribution is -0.137. The van der Waals surface area contributed by atoms with Crippen LogP contribution in [0.15, 0.2) is 23.8 Å². The van der Waals surface area contributed by atoms with Gasteiger partial charge in [0, 0.05) is 6.08 Å². The van der Waals surface area contributed by atoms with Crippen molar-refractivity contribution in [3.63, 3.8) is 0 Å². The third kappa shape index (κ3) is 1.52. The molecule has 0 unspecified atom stereocenters. The summed E-state index contributed by atoms with van der Waals surface area (Å²) in [6, 6.07) is 0. The molecule has 16 heavy (non-hydrogen) atoms. The molecule has 2 aromatic rings. The van der Waals surface area contributed by atoms with Gasteiger partial charge in [0.1, 0.15) is 6.33 Å². The van der Waals surface area contributed by atoms with Gasteiger partial charge in [-0.15, -0.1) is 4.73 Å². The molecule has 2 aromatic heterocycles. The van der Waals surface area contributed by atoms with Gasteiger partial charge in [0.15, 0.2) is 5.52 Å². The molecular weight excluding hydrogens is 214 g/mol. The van der Waals surface area contributed by atoms with E-state index in [0.29, 0.717) is 0 Å². The Balaban J connectivity index is 2.60. The number of hydrogen-bond donors (Lipinski definition) is 2. The van der Waals surface area contributed by atoms with Crippen molar-refractivity contribution in [3.05, 3.63) is 29.3 Å². The van der Waals surface area contributed by atoms with Gasteiger partial charge in [-0.05, 0) is 0 Å². The minimum absolute atomic E-state index is 0.0334. The third-order valence-electron chi connectivity index (χ3n) is 1.75. The van der Waals surface area contributed by atoms with E-state index in [2.05, 4.69) is 21.5 Å². The molecule has 2 rings (SSSR count). The number of nitrogens with zero attached hydrogens (tertiary/aromatic N) is 3. The molecule has 0 aliphatic carbocycles. The van der Waals surface area contributed by atoms with Crippen LogP contribution in [-0.4, -0.2) is 25.7 Å². The topological polar surface area (TPSA) is 116 Å². The highest BCUT2D eigenvalue weighted by atomic mass is 16.7. The predicted octanol–water partition coefficient (Wildman–Crippen LogP) is -1.16. The number of nitrogen functional groups attached to an aromatic ring is 1. The lowest BCUT2D eigenvalue weighted by Crippen LogP contribution is -2.18. The number of nitrogens with one attached hydrogen (secondary N) is 1. The molecule has 2 heterocycles. The lowest BCUT2D eigenvalue weighted by atomic mass is 10.5. The Kier molecular flexibility index (Phi) is 2.16. The number of imidazole rings is 1. The number of aromatic amines is 1. The standard InChI is InChI=1S/C8H7N5O3/c1-2-4(14)16-13-3-10-5-6(13)11-8(9)12-7(5)15/h2-3H,1H2,(H3,9,11,12,15). The summed E-state index contributed by atoms with van der Waals surface area (Å²) < 4.78 is 0.949. The molecule has 0 radical (unpaired) electrons. The molecule has 0 aliphatic heterocycles. The molecule has 82 valence electrons. The summed E-state index contributed by atoms with van der Waals surface area (Å²) in [4.78, 5) is 36.9. The zero-order chi connectivity index (χ0) is 11.7. The molecule has 0 amide bonds. The first-order chi connectivity index (χ1) is 7.61. The second-order valence-corrected chi connectivity index (χ2v) is 2.81. The molecule has 0 bridgehead atoms. The summed E-state index contributed by atoms with van der Waals surface area (Å²) in [5.41, 5.74) is 4.94. The zero-order valence-corrected chi connectivity index (χ0v) is 8.01. The van der Waals surface area contributed by atoms with Gasteiger partial charge in [0.2, 0.25) is 11.6 Å².